The van der Waals surface area contributed by atoms with Gasteiger partial charge in [-0.1, -0.05) is 31.4 Å². The Bertz CT molecular complexity index is 1660. The smallest absolute Gasteiger partial charge is 0.305 e. The number of carboxylic acids is 1. The van der Waals surface area contributed by atoms with E-state index in [0.717, 1.165) is 66.4 Å². The van der Waals surface area contributed by atoms with Gasteiger partial charge in [-0.15, -0.1) is 11.3 Å². The Morgan fingerprint density at radius 2 is 1.61 bits per heavy atom. The molecule has 2 heterocycles. The Hall–Kier alpha value is -4.27. The molecule has 0 unspecified atom stereocenters. The Balaban J connectivity index is 1.07. The number of unbranched alkanes of at least 4 members (excludes halogenated alkanes) is 4. The molecule has 1 fully saturated rings. The number of amides is 4. The fourth-order valence-corrected chi connectivity index (χ4v) is 7.57. The average Bonchev–Trinajstić information content (AvgIpc) is 3.75. The number of aromatic nitrogens is 1. The van der Waals surface area contributed by atoms with Crippen LogP contribution in [0.4, 0.5) is 5.69 Å². The summed E-state index contributed by atoms with van der Waals surface area (Å²) >= 11 is 1.55. The summed E-state index contributed by atoms with van der Waals surface area (Å²) in [5.41, 5.74) is 3.27. The van der Waals surface area contributed by atoms with E-state index in [1.54, 1.807) is 16.2 Å². The van der Waals surface area contributed by atoms with Crippen LogP contribution < -0.4 is 20.9 Å². The number of anilines is 1. The van der Waals surface area contributed by atoms with Gasteiger partial charge in [-0.25, -0.2) is 0 Å². The predicted octanol–water partition coefficient (Wildman–Crippen LogP) is 5.43. The Labute approximate surface area is 322 Å². The number of likely N-dealkylation sites (N-methyl/N-ethyl adjacent to an activating group) is 1. The molecule has 0 saturated heterocycles. The Morgan fingerprint density at radius 1 is 0.870 bits per heavy atom. The van der Waals surface area contributed by atoms with Crippen molar-refractivity contribution >= 4 is 56.8 Å². The monoisotopic (exact) mass is 767 g/mol. The summed E-state index contributed by atoms with van der Waals surface area (Å²) in [5.74, 6) is -1.16. The van der Waals surface area contributed by atoms with Gasteiger partial charge in [0.1, 0.15) is 12.2 Å². The van der Waals surface area contributed by atoms with Crippen LogP contribution in [0.25, 0.3) is 10.2 Å². The first-order valence-corrected chi connectivity index (χ1v) is 20.2. The number of nitrogens with zero attached hydrogens (tertiary/aromatic N) is 2. The summed E-state index contributed by atoms with van der Waals surface area (Å²) < 4.78 is 13.3. The number of hydrogen-bond acceptors (Lipinski definition) is 8. The van der Waals surface area contributed by atoms with Gasteiger partial charge in [0.15, 0.2) is 0 Å². The van der Waals surface area contributed by atoms with Crippen molar-refractivity contribution < 1.29 is 38.6 Å². The van der Waals surface area contributed by atoms with Crippen LogP contribution in [0.5, 0.6) is 0 Å². The maximum atomic E-state index is 13.6. The molecule has 0 spiro atoms. The zero-order valence-electron chi connectivity index (χ0n) is 31.7. The highest BCUT2D eigenvalue weighted by molar-refractivity contribution is 7.17. The fraction of sp³-hybridized carbons (Fsp3) is 0.575. The maximum absolute atomic E-state index is 13.6. The molecule has 54 heavy (non-hydrogen) atoms. The van der Waals surface area contributed by atoms with Crippen molar-refractivity contribution in [2.75, 3.05) is 51.0 Å². The largest absolute Gasteiger partial charge is 0.481 e. The molecule has 0 bridgehead atoms. The molecule has 1 aliphatic rings. The van der Waals surface area contributed by atoms with E-state index >= 15 is 0 Å². The van der Waals surface area contributed by atoms with Gasteiger partial charge >= 0.3 is 5.97 Å². The van der Waals surface area contributed by atoms with Crippen molar-refractivity contribution in [1.29, 1.82) is 0 Å². The Morgan fingerprint density at radius 3 is 2.35 bits per heavy atom. The third kappa shape index (κ3) is 13.9. The molecule has 1 saturated carbocycles. The number of carbonyl (C=O) groups excluding carboxylic acids is 4. The lowest BCUT2D eigenvalue weighted by atomic mass is 9.85. The third-order valence-electron chi connectivity index (χ3n) is 9.69. The van der Waals surface area contributed by atoms with E-state index in [1.807, 2.05) is 60.2 Å². The van der Waals surface area contributed by atoms with Crippen molar-refractivity contribution in [2.45, 2.75) is 97.1 Å². The van der Waals surface area contributed by atoms with Crippen molar-refractivity contribution in [3.8, 4) is 0 Å². The number of rotatable bonds is 24. The number of benzene rings is 1. The maximum Gasteiger partial charge on any atom is 0.305 e. The highest BCUT2D eigenvalue weighted by atomic mass is 32.1. The predicted molar refractivity (Wildman–Crippen MR) is 210 cm³/mol. The lowest BCUT2D eigenvalue weighted by molar-refractivity contribution is -0.138. The van der Waals surface area contributed by atoms with Gasteiger partial charge in [0, 0.05) is 43.7 Å². The first-order valence-electron chi connectivity index (χ1n) is 19.3. The number of hydrogen-bond donors (Lipinski definition) is 4. The summed E-state index contributed by atoms with van der Waals surface area (Å²) in [6.45, 7) is 6.81. The van der Waals surface area contributed by atoms with Gasteiger partial charge < -0.3 is 40.0 Å². The number of fused-ring (bicyclic) bond motifs is 1. The summed E-state index contributed by atoms with van der Waals surface area (Å²) in [5, 5.41) is 19.6. The zero-order valence-corrected chi connectivity index (χ0v) is 32.6. The lowest BCUT2D eigenvalue weighted by Gasteiger charge is -2.28. The normalized spacial score (nSPS) is 15.5. The first kappa shape index (κ1) is 42.5. The molecule has 0 aliphatic heterocycles. The molecule has 13 nitrogen and oxygen atoms in total. The highest BCUT2D eigenvalue weighted by Crippen LogP contribution is 2.28. The van der Waals surface area contributed by atoms with Gasteiger partial charge in [0.25, 0.3) is 5.91 Å². The van der Waals surface area contributed by atoms with Gasteiger partial charge in [0.05, 0.1) is 43.1 Å². The molecular formula is C40H57N5O8S. The number of aryl methyl sites for hydroxylation is 1. The van der Waals surface area contributed by atoms with Gasteiger partial charge in [0.2, 0.25) is 17.7 Å². The molecule has 2 aromatic heterocycles. The molecule has 0 atom stereocenters. The van der Waals surface area contributed by atoms with Gasteiger partial charge in [-0.05, 0) is 87.6 Å². The molecule has 3 aromatic rings. The van der Waals surface area contributed by atoms with Crippen LogP contribution in [-0.4, -0.2) is 91.4 Å². The van der Waals surface area contributed by atoms with Crippen molar-refractivity contribution in [1.82, 2.24) is 20.5 Å². The van der Waals surface area contributed by atoms with E-state index < -0.39 is 5.97 Å². The molecule has 1 aromatic carbocycles. The van der Waals surface area contributed by atoms with Crippen molar-refractivity contribution in [3.63, 3.8) is 0 Å². The number of carbonyl (C=O) groups is 5. The Kier molecular flexibility index (Phi) is 18.0. The number of ether oxygens (including phenoxy) is 2. The quantitative estimate of drug-likeness (QED) is 0.0876. The van der Waals surface area contributed by atoms with E-state index in [4.69, 9.17) is 14.6 Å². The minimum atomic E-state index is -0.895. The standard InChI is InChI=1S/C40H57N5O8S/c1-3-44(32-11-9-10-29(2)26-32)37(47)28-45-33-18-25-54-35(33)27-34(45)40(51)43-31-15-13-30(14-16-31)39(50)42-19-8-6-4-5-7-12-36(46)41-20-22-53-24-23-52-21-17-38(48)49/h9-11,18,25-27,30-31H,3-8,12-17,19-24,28H2,1-2H3,(H,41,46)(H,42,50)(H,43,51)(H,48,49)/t30-,31-. The van der Waals surface area contributed by atoms with Crippen molar-refractivity contribution in [3.05, 3.63) is 53.0 Å². The van der Waals surface area contributed by atoms with E-state index in [0.29, 0.717) is 64.4 Å². The molecule has 4 N–H and O–H groups in total. The zero-order chi connectivity index (χ0) is 38.7. The topological polar surface area (TPSA) is 168 Å². The minimum absolute atomic E-state index is 0.00294. The van der Waals surface area contributed by atoms with Gasteiger partial charge in [-0.2, -0.15) is 0 Å². The number of nitrogens with one attached hydrogen (secondary N) is 3. The van der Waals surface area contributed by atoms with Crippen LogP contribution in [0, 0.1) is 12.8 Å². The van der Waals surface area contributed by atoms with Crippen molar-refractivity contribution in [2.24, 2.45) is 5.92 Å². The molecular weight excluding hydrogens is 711 g/mol. The molecule has 4 rings (SSSR count). The number of carboxylic acid groups (broad SMARTS) is 1. The molecule has 14 heteroatoms. The number of thiophene rings is 1. The second-order valence-electron chi connectivity index (χ2n) is 13.8. The highest BCUT2D eigenvalue weighted by Gasteiger charge is 2.29. The second-order valence-corrected chi connectivity index (χ2v) is 14.8. The summed E-state index contributed by atoms with van der Waals surface area (Å²) in [7, 11) is 0. The van der Waals surface area contributed by atoms with E-state index in [2.05, 4.69) is 16.0 Å². The van der Waals surface area contributed by atoms with Crippen LogP contribution in [0.15, 0.2) is 41.8 Å². The molecule has 1 aliphatic carbocycles. The molecule has 296 valence electrons. The first-order chi connectivity index (χ1) is 26.2. The second kappa shape index (κ2) is 22.8. The fourth-order valence-electron chi connectivity index (χ4n) is 6.74. The average molecular weight is 768 g/mol. The summed E-state index contributed by atoms with van der Waals surface area (Å²) in [4.78, 5) is 64.2. The van der Waals surface area contributed by atoms with Crippen LogP contribution in [0.1, 0.15) is 93.6 Å². The van der Waals surface area contributed by atoms with E-state index in [9.17, 15) is 24.0 Å². The van der Waals surface area contributed by atoms with Gasteiger partial charge in [-0.3, -0.25) is 24.0 Å². The number of aliphatic carboxylic acids is 1. The summed E-state index contributed by atoms with van der Waals surface area (Å²) in [6, 6.07) is 11.7. The van der Waals surface area contributed by atoms with E-state index in [-0.39, 0.29) is 55.2 Å². The lowest BCUT2D eigenvalue weighted by Crippen LogP contribution is -2.42. The summed E-state index contributed by atoms with van der Waals surface area (Å²) in [6.07, 6.45) is 7.94. The van der Waals surface area contributed by atoms with Crippen LogP contribution in [-0.2, 0) is 35.2 Å². The third-order valence-corrected chi connectivity index (χ3v) is 10.5. The van der Waals surface area contributed by atoms with E-state index in [1.165, 1.54) is 0 Å². The van der Waals surface area contributed by atoms with Crippen LogP contribution in [0.2, 0.25) is 0 Å². The minimum Gasteiger partial charge on any atom is -0.481 e. The molecule has 0 radical (unpaired) electrons. The van der Waals surface area contributed by atoms with Crippen LogP contribution in [0.3, 0.4) is 0 Å². The van der Waals surface area contributed by atoms with Crippen LogP contribution >= 0.6 is 11.3 Å². The SMILES string of the molecule is CCN(C(=O)Cn1c(C(=O)N[C@H]2CC[C@H](C(=O)NCCCCCCCC(=O)NCCOCCOCCC(=O)O)CC2)cc2sccc21)c1cccc(C)c1. The molecule has 4 amide bonds.